The highest BCUT2D eigenvalue weighted by Gasteiger charge is 2.24. The monoisotopic (exact) mass is 265 g/mol. The maximum atomic E-state index is 10.4. The zero-order valence-electron chi connectivity index (χ0n) is 10.1. The normalized spacial score (nSPS) is 14.4. The molecule has 0 aliphatic rings. The van der Waals surface area contributed by atoms with Crippen molar-refractivity contribution in [1.29, 1.82) is 0 Å². The highest BCUT2D eigenvalue weighted by molar-refractivity contribution is 6.30. The first kappa shape index (κ1) is 13.1. The summed E-state index contributed by atoms with van der Waals surface area (Å²) in [7, 11) is 0. The Morgan fingerprint density at radius 1 is 1.39 bits per heavy atom. The zero-order valence-corrected chi connectivity index (χ0v) is 10.9. The van der Waals surface area contributed by atoms with E-state index in [1.165, 1.54) is 0 Å². The van der Waals surface area contributed by atoms with Crippen LogP contribution < -0.4 is 5.73 Å². The lowest BCUT2D eigenvalue weighted by molar-refractivity contribution is 0.145. The summed E-state index contributed by atoms with van der Waals surface area (Å²) in [5.74, 6) is 0.517. The van der Waals surface area contributed by atoms with Crippen molar-refractivity contribution in [2.24, 2.45) is 5.73 Å². The van der Waals surface area contributed by atoms with E-state index in [9.17, 15) is 5.11 Å². The second-order valence-corrected chi connectivity index (χ2v) is 4.71. The summed E-state index contributed by atoms with van der Waals surface area (Å²) in [5, 5.41) is 11.1. The molecule has 1 aromatic carbocycles. The summed E-state index contributed by atoms with van der Waals surface area (Å²) in [4.78, 5) is 0. The van der Waals surface area contributed by atoms with Gasteiger partial charge in [0.15, 0.2) is 0 Å². The molecule has 96 valence electrons. The van der Waals surface area contributed by atoms with E-state index < -0.39 is 6.10 Å². The van der Waals surface area contributed by atoms with Crippen LogP contribution in [-0.2, 0) is 0 Å². The molecule has 1 aromatic heterocycles. The highest BCUT2D eigenvalue weighted by Crippen LogP contribution is 2.33. The van der Waals surface area contributed by atoms with E-state index in [1.807, 2.05) is 25.1 Å². The van der Waals surface area contributed by atoms with Crippen LogP contribution in [0.3, 0.4) is 0 Å². The van der Waals surface area contributed by atoms with Gasteiger partial charge in [0.2, 0.25) is 0 Å². The van der Waals surface area contributed by atoms with Crippen molar-refractivity contribution in [3.8, 4) is 0 Å². The van der Waals surface area contributed by atoms with Crippen LogP contribution in [0.25, 0.3) is 0 Å². The minimum absolute atomic E-state index is 0.194. The van der Waals surface area contributed by atoms with Gasteiger partial charge in [-0.05, 0) is 30.7 Å². The van der Waals surface area contributed by atoms with E-state index in [-0.39, 0.29) is 5.92 Å². The van der Waals surface area contributed by atoms with Gasteiger partial charge in [-0.15, -0.1) is 0 Å². The average molecular weight is 266 g/mol. The van der Waals surface area contributed by atoms with E-state index in [1.54, 1.807) is 18.4 Å². The largest absolute Gasteiger partial charge is 0.469 e. The standard InChI is InChI=1S/C14H16ClNO2/c1-9-12(5-6-18-9)14(17)13(8-16)10-3-2-4-11(15)7-10/h2-7,13-14,17H,8,16H2,1H3. The van der Waals surface area contributed by atoms with Crippen molar-refractivity contribution in [2.45, 2.75) is 18.9 Å². The van der Waals surface area contributed by atoms with Crippen LogP contribution in [0.15, 0.2) is 41.0 Å². The van der Waals surface area contributed by atoms with Crippen LogP contribution >= 0.6 is 11.6 Å². The van der Waals surface area contributed by atoms with Gasteiger partial charge in [0, 0.05) is 23.0 Å². The number of furan rings is 1. The molecule has 2 atom stereocenters. The quantitative estimate of drug-likeness (QED) is 0.893. The fourth-order valence-corrected chi connectivity index (χ4v) is 2.30. The van der Waals surface area contributed by atoms with Crippen molar-refractivity contribution in [3.63, 3.8) is 0 Å². The molecule has 2 unspecified atom stereocenters. The first-order valence-electron chi connectivity index (χ1n) is 5.81. The lowest BCUT2D eigenvalue weighted by Gasteiger charge is -2.21. The molecule has 0 fully saturated rings. The number of benzene rings is 1. The maximum absolute atomic E-state index is 10.4. The summed E-state index contributed by atoms with van der Waals surface area (Å²) >= 11 is 5.97. The predicted octanol–water partition coefficient (Wildman–Crippen LogP) is 3.02. The zero-order chi connectivity index (χ0) is 13.1. The molecule has 0 amide bonds. The van der Waals surface area contributed by atoms with Gasteiger partial charge < -0.3 is 15.3 Å². The third-order valence-electron chi connectivity index (χ3n) is 3.13. The van der Waals surface area contributed by atoms with Gasteiger partial charge in [-0.2, -0.15) is 0 Å². The van der Waals surface area contributed by atoms with E-state index in [0.717, 1.165) is 11.1 Å². The van der Waals surface area contributed by atoms with E-state index in [4.69, 9.17) is 21.8 Å². The third-order valence-corrected chi connectivity index (χ3v) is 3.36. The molecule has 4 heteroatoms. The fourth-order valence-electron chi connectivity index (χ4n) is 2.10. The summed E-state index contributed by atoms with van der Waals surface area (Å²) in [6, 6.07) is 9.18. The lowest BCUT2D eigenvalue weighted by atomic mass is 9.89. The lowest BCUT2D eigenvalue weighted by Crippen LogP contribution is -2.20. The number of aliphatic hydroxyl groups excluding tert-OH is 1. The molecule has 0 saturated heterocycles. The van der Waals surface area contributed by atoms with Crippen LogP contribution in [0, 0.1) is 6.92 Å². The molecule has 2 rings (SSSR count). The first-order chi connectivity index (χ1) is 8.63. The van der Waals surface area contributed by atoms with Crippen LogP contribution in [0.2, 0.25) is 5.02 Å². The first-order valence-corrected chi connectivity index (χ1v) is 6.19. The number of nitrogens with two attached hydrogens (primary N) is 1. The van der Waals surface area contributed by atoms with E-state index in [0.29, 0.717) is 17.3 Å². The molecule has 3 nitrogen and oxygen atoms in total. The van der Waals surface area contributed by atoms with Crippen molar-refractivity contribution in [2.75, 3.05) is 6.54 Å². The molecule has 3 N–H and O–H groups in total. The molecule has 0 bridgehead atoms. The van der Waals surface area contributed by atoms with Crippen molar-refractivity contribution >= 4 is 11.6 Å². The fraction of sp³-hybridized carbons (Fsp3) is 0.286. The Labute approximate surface area is 111 Å². The Kier molecular flexibility index (Phi) is 4.07. The van der Waals surface area contributed by atoms with Gasteiger partial charge in [0.1, 0.15) is 5.76 Å². The Bertz CT molecular complexity index is 524. The topological polar surface area (TPSA) is 59.4 Å². The second-order valence-electron chi connectivity index (χ2n) is 4.27. The summed E-state index contributed by atoms with van der Waals surface area (Å²) in [6.45, 7) is 2.16. The molecule has 0 saturated carbocycles. The van der Waals surface area contributed by atoms with Gasteiger partial charge >= 0.3 is 0 Å². The highest BCUT2D eigenvalue weighted by atomic mass is 35.5. The van der Waals surface area contributed by atoms with Crippen LogP contribution in [0.1, 0.15) is 28.9 Å². The van der Waals surface area contributed by atoms with Gasteiger partial charge in [-0.1, -0.05) is 23.7 Å². The summed E-state index contributed by atoms with van der Waals surface area (Å²) in [5.41, 5.74) is 7.48. The van der Waals surface area contributed by atoms with Gasteiger partial charge in [0.25, 0.3) is 0 Å². The molecule has 2 aromatic rings. The molecule has 0 aliphatic heterocycles. The SMILES string of the molecule is Cc1occc1C(O)C(CN)c1cccc(Cl)c1. The van der Waals surface area contributed by atoms with E-state index >= 15 is 0 Å². The van der Waals surface area contributed by atoms with Crippen molar-refractivity contribution < 1.29 is 9.52 Å². The Hall–Kier alpha value is -1.29. The van der Waals surface area contributed by atoms with Crippen molar-refractivity contribution in [3.05, 3.63) is 58.5 Å². The predicted molar refractivity (Wildman–Crippen MR) is 71.7 cm³/mol. The van der Waals surface area contributed by atoms with Gasteiger partial charge in [-0.3, -0.25) is 0 Å². The third kappa shape index (κ3) is 2.58. The Morgan fingerprint density at radius 2 is 2.17 bits per heavy atom. The maximum Gasteiger partial charge on any atom is 0.106 e. The number of aliphatic hydroxyl groups is 1. The summed E-state index contributed by atoms with van der Waals surface area (Å²) in [6.07, 6.45) is 0.881. The number of hydrogen-bond donors (Lipinski definition) is 2. The summed E-state index contributed by atoms with van der Waals surface area (Å²) < 4.78 is 5.21. The van der Waals surface area contributed by atoms with Crippen molar-refractivity contribution in [1.82, 2.24) is 0 Å². The molecule has 0 aliphatic carbocycles. The average Bonchev–Trinajstić information content (AvgIpc) is 2.76. The number of rotatable bonds is 4. The molecular weight excluding hydrogens is 250 g/mol. The molecular formula is C14H16ClNO2. The number of aryl methyl sites for hydroxylation is 1. The smallest absolute Gasteiger partial charge is 0.106 e. The molecule has 0 radical (unpaired) electrons. The van der Waals surface area contributed by atoms with Gasteiger partial charge in [-0.25, -0.2) is 0 Å². The number of hydrogen-bond acceptors (Lipinski definition) is 3. The second kappa shape index (κ2) is 5.57. The molecule has 1 heterocycles. The molecule has 0 spiro atoms. The minimum atomic E-state index is -0.688. The Morgan fingerprint density at radius 3 is 2.72 bits per heavy atom. The molecule has 18 heavy (non-hydrogen) atoms. The Balaban J connectivity index is 2.32. The number of halogens is 1. The van der Waals surface area contributed by atoms with E-state index in [2.05, 4.69) is 0 Å². The van der Waals surface area contributed by atoms with Crippen LogP contribution in [-0.4, -0.2) is 11.7 Å². The van der Waals surface area contributed by atoms with Crippen LogP contribution in [0.4, 0.5) is 0 Å². The van der Waals surface area contributed by atoms with Gasteiger partial charge in [0.05, 0.1) is 12.4 Å². The van der Waals surface area contributed by atoms with Crippen LogP contribution in [0.5, 0.6) is 0 Å². The minimum Gasteiger partial charge on any atom is -0.469 e.